The molecule has 0 unspecified atom stereocenters. The van der Waals surface area contributed by atoms with Gasteiger partial charge in [-0.2, -0.15) is 0 Å². The van der Waals surface area contributed by atoms with E-state index in [1.165, 1.54) is 0 Å². The minimum absolute atomic E-state index is 0.0174. The van der Waals surface area contributed by atoms with Crippen molar-refractivity contribution in [2.45, 2.75) is 25.4 Å². The minimum Gasteiger partial charge on any atom is -0.335 e. The average molecular weight is 231 g/mol. The molecule has 4 heteroatoms. The molecule has 0 aromatic carbocycles. The number of carbonyl (C=O) groups excluding carboxylic acids is 1. The normalized spacial score (nSPS) is 14.1. The highest BCUT2D eigenvalue weighted by molar-refractivity contribution is 5.75. The molecule has 1 N–H and O–H groups in total. The Kier molecular flexibility index (Phi) is 3.75. The molecule has 1 aliphatic rings. The Morgan fingerprint density at radius 3 is 3.06 bits per heavy atom. The minimum atomic E-state index is -0.0174. The molecule has 0 bridgehead atoms. The van der Waals surface area contributed by atoms with E-state index in [0.717, 1.165) is 18.4 Å². The third-order valence-corrected chi connectivity index (χ3v) is 2.72. The second-order valence-electron chi connectivity index (χ2n) is 4.20. The van der Waals surface area contributed by atoms with Crippen LogP contribution in [0.3, 0.4) is 0 Å². The summed E-state index contributed by atoms with van der Waals surface area (Å²) in [5.41, 5.74) is 1.06. The third-order valence-electron chi connectivity index (χ3n) is 2.72. The first-order valence-corrected chi connectivity index (χ1v) is 5.85. The van der Waals surface area contributed by atoms with Gasteiger partial charge in [-0.15, -0.1) is 6.58 Å². The molecule has 0 aliphatic heterocycles. The summed E-state index contributed by atoms with van der Waals surface area (Å²) in [7, 11) is 0. The topological polar surface area (TPSA) is 45.2 Å². The number of carbonyl (C=O) groups is 1. The van der Waals surface area contributed by atoms with Crippen molar-refractivity contribution in [3.63, 3.8) is 0 Å². The molecule has 90 valence electrons. The molecular weight excluding hydrogens is 214 g/mol. The molecule has 17 heavy (non-hydrogen) atoms. The van der Waals surface area contributed by atoms with Gasteiger partial charge in [0.25, 0.3) is 0 Å². The van der Waals surface area contributed by atoms with Crippen LogP contribution in [-0.2, 0) is 6.54 Å². The highest BCUT2D eigenvalue weighted by atomic mass is 16.2. The van der Waals surface area contributed by atoms with Gasteiger partial charge < -0.3 is 10.2 Å². The van der Waals surface area contributed by atoms with E-state index >= 15 is 0 Å². The van der Waals surface area contributed by atoms with Crippen LogP contribution in [0.4, 0.5) is 4.79 Å². The Balaban J connectivity index is 1.97. The van der Waals surface area contributed by atoms with E-state index in [4.69, 9.17) is 0 Å². The van der Waals surface area contributed by atoms with Crippen LogP contribution in [0.5, 0.6) is 0 Å². The van der Waals surface area contributed by atoms with Crippen LogP contribution in [0.25, 0.3) is 0 Å². The van der Waals surface area contributed by atoms with Gasteiger partial charge in [-0.3, -0.25) is 4.98 Å². The van der Waals surface area contributed by atoms with E-state index in [9.17, 15) is 4.79 Å². The van der Waals surface area contributed by atoms with Gasteiger partial charge in [0.1, 0.15) is 0 Å². The van der Waals surface area contributed by atoms with Crippen molar-refractivity contribution in [1.29, 1.82) is 0 Å². The number of nitrogens with zero attached hydrogens (tertiary/aromatic N) is 2. The first kappa shape index (κ1) is 11.6. The molecular formula is C13H17N3O. The average Bonchev–Trinajstić information content (AvgIpc) is 3.18. The highest BCUT2D eigenvalue weighted by Crippen LogP contribution is 2.28. The van der Waals surface area contributed by atoms with Crippen LogP contribution in [-0.4, -0.2) is 28.5 Å². The molecule has 0 atom stereocenters. The Labute approximate surface area is 101 Å². The lowest BCUT2D eigenvalue weighted by Gasteiger charge is -2.22. The number of hydrogen-bond acceptors (Lipinski definition) is 2. The molecule has 1 saturated carbocycles. The number of hydrogen-bond donors (Lipinski definition) is 1. The number of urea groups is 1. The third kappa shape index (κ3) is 3.31. The van der Waals surface area contributed by atoms with Crippen LogP contribution in [0.1, 0.15) is 18.4 Å². The van der Waals surface area contributed by atoms with Gasteiger partial charge in [0.05, 0.1) is 0 Å². The lowest BCUT2D eigenvalue weighted by Crippen LogP contribution is -2.40. The zero-order chi connectivity index (χ0) is 12.1. The summed E-state index contributed by atoms with van der Waals surface area (Å²) in [6.45, 7) is 4.73. The molecule has 1 fully saturated rings. The summed E-state index contributed by atoms with van der Waals surface area (Å²) in [6.07, 6.45) is 7.43. The molecule has 0 spiro atoms. The Bertz CT molecular complexity index is 387. The van der Waals surface area contributed by atoms with E-state index in [1.807, 2.05) is 17.0 Å². The van der Waals surface area contributed by atoms with Crippen molar-refractivity contribution in [3.05, 3.63) is 42.7 Å². The number of amides is 2. The summed E-state index contributed by atoms with van der Waals surface area (Å²) >= 11 is 0. The first-order chi connectivity index (χ1) is 8.31. The van der Waals surface area contributed by atoms with Crippen molar-refractivity contribution in [1.82, 2.24) is 15.2 Å². The molecule has 2 amide bonds. The fourth-order valence-electron chi connectivity index (χ4n) is 1.70. The van der Waals surface area contributed by atoms with Crippen LogP contribution in [0.15, 0.2) is 37.2 Å². The molecule has 0 saturated heterocycles. The zero-order valence-corrected chi connectivity index (χ0v) is 9.80. The lowest BCUT2D eigenvalue weighted by atomic mass is 10.2. The quantitative estimate of drug-likeness (QED) is 0.787. The van der Waals surface area contributed by atoms with Crippen LogP contribution >= 0.6 is 0 Å². The van der Waals surface area contributed by atoms with Crippen molar-refractivity contribution in [3.8, 4) is 0 Å². The van der Waals surface area contributed by atoms with Crippen molar-refractivity contribution < 1.29 is 4.79 Å². The van der Waals surface area contributed by atoms with Gasteiger partial charge in [-0.1, -0.05) is 12.1 Å². The largest absolute Gasteiger partial charge is 0.335 e. The summed E-state index contributed by atoms with van der Waals surface area (Å²) < 4.78 is 0. The highest BCUT2D eigenvalue weighted by Gasteiger charge is 2.32. The van der Waals surface area contributed by atoms with E-state index < -0.39 is 0 Å². The number of aromatic nitrogens is 1. The standard InChI is InChI=1S/C13H17N3O/c1-2-7-15-13(17)16(12-5-6-12)10-11-4-3-8-14-9-11/h2-4,8-9,12H,1,5-7,10H2,(H,15,17). The fourth-order valence-corrected chi connectivity index (χ4v) is 1.70. The summed E-state index contributed by atoms with van der Waals surface area (Å²) in [5.74, 6) is 0. The Morgan fingerprint density at radius 2 is 2.47 bits per heavy atom. The SMILES string of the molecule is C=CCNC(=O)N(Cc1cccnc1)C1CC1. The smallest absolute Gasteiger partial charge is 0.318 e. The van der Waals surface area contributed by atoms with Crippen molar-refractivity contribution >= 4 is 6.03 Å². The van der Waals surface area contributed by atoms with Gasteiger partial charge in [0, 0.05) is 31.5 Å². The zero-order valence-electron chi connectivity index (χ0n) is 9.80. The van der Waals surface area contributed by atoms with E-state index in [2.05, 4.69) is 16.9 Å². The van der Waals surface area contributed by atoms with Gasteiger partial charge in [0.15, 0.2) is 0 Å². The van der Waals surface area contributed by atoms with E-state index in [0.29, 0.717) is 19.1 Å². The maximum atomic E-state index is 11.9. The maximum Gasteiger partial charge on any atom is 0.318 e. The second-order valence-corrected chi connectivity index (χ2v) is 4.20. The van der Waals surface area contributed by atoms with Crippen LogP contribution < -0.4 is 5.32 Å². The molecule has 0 radical (unpaired) electrons. The predicted octanol–water partition coefficient (Wildman–Crippen LogP) is 1.94. The van der Waals surface area contributed by atoms with Crippen molar-refractivity contribution in [2.75, 3.05) is 6.54 Å². The molecule has 1 aromatic heterocycles. The van der Waals surface area contributed by atoms with E-state index in [-0.39, 0.29) is 6.03 Å². The molecule has 1 aliphatic carbocycles. The van der Waals surface area contributed by atoms with Gasteiger partial charge >= 0.3 is 6.03 Å². The van der Waals surface area contributed by atoms with Gasteiger partial charge in [-0.25, -0.2) is 4.79 Å². The first-order valence-electron chi connectivity index (χ1n) is 5.85. The van der Waals surface area contributed by atoms with Gasteiger partial charge in [-0.05, 0) is 24.5 Å². The number of nitrogens with one attached hydrogen (secondary N) is 1. The number of rotatable bonds is 5. The van der Waals surface area contributed by atoms with Gasteiger partial charge in [0.2, 0.25) is 0 Å². The molecule has 4 nitrogen and oxygen atoms in total. The summed E-state index contributed by atoms with van der Waals surface area (Å²) in [4.78, 5) is 17.9. The summed E-state index contributed by atoms with van der Waals surface area (Å²) in [5, 5.41) is 2.82. The fraction of sp³-hybridized carbons (Fsp3) is 0.385. The lowest BCUT2D eigenvalue weighted by molar-refractivity contribution is 0.193. The molecule has 1 aromatic rings. The Morgan fingerprint density at radius 1 is 1.65 bits per heavy atom. The summed E-state index contributed by atoms with van der Waals surface area (Å²) in [6, 6.07) is 4.25. The molecule has 2 rings (SSSR count). The maximum absolute atomic E-state index is 11.9. The monoisotopic (exact) mass is 231 g/mol. The Hall–Kier alpha value is -1.84. The second kappa shape index (κ2) is 5.48. The van der Waals surface area contributed by atoms with Crippen molar-refractivity contribution in [2.24, 2.45) is 0 Å². The van der Waals surface area contributed by atoms with Crippen LogP contribution in [0, 0.1) is 0 Å². The van der Waals surface area contributed by atoms with E-state index in [1.54, 1.807) is 18.5 Å². The predicted molar refractivity (Wildman–Crippen MR) is 66.4 cm³/mol. The van der Waals surface area contributed by atoms with Crippen LogP contribution in [0.2, 0.25) is 0 Å². The number of pyridine rings is 1. The molecule has 1 heterocycles.